The third-order valence-electron chi connectivity index (χ3n) is 6.25. The number of likely N-dealkylation sites (tertiary alicyclic amines) is 2. The van der Waals surface area contributed by atoms with Gasteiger partial charge in [-0.2, -0.15) is 0 Å². The molecule has 0 aliphatic carbocycles. The number of piperidine rings is 1. The van der Waals surface area contributed by atoms with Gasteiger partial charge < -0.3 is 10.2 Å². The third-order valence-corrected chi connectivity index (χ3v) is 6.25. The summed E-state index contributed by atoms with van der Waals surface area (Å²) >= 11 is 0. The van der Waals surface area contributed by atoms with E-state index in [1.54, 1.807) is 6.20 Å². The van der Waals surface area contributed by atoms with Gasteiger partial charge in [-0.05, 0) is 44.7 Å². The molecule has 0 bridgehead atoms. The van der Waals surface area contributed by atoms with Gasteiger partial charge >= 0.3 is 0 Å². The molecule has 1 atom stereocenters. The van der Waals surface area contributed by atoms with E-state index in [9.17, 15) is 9.59 Å². The molecule has 4 rings (SSSR count). The minimum absolute atomic E-state index is 0.0282. The summed E-state index contributed by atoms with van der Waals surface area (Å²) in [6, 6.07) is 9.85. The Balaban J connectivity index is 1.42. The van der Waals surface area contributed by atoms with Crippen LogP contribution in [-0.4, -0.2) is 57.8 Å². The van der Waals surface area contributed by atoms with Crippen LogP contribution in [0, 0.1) is 6.92 Å². The lowest BCUT2D eigenvalue weighted by Crippen LogP contribution is -2.43. The van der Waals surface area contributed by atoms with Crippen LogP contribution in [0.5, 0.6) is 0 Å². The topological polar surface area (TPSA) is 78.4 Å². The Bertz CT molecular complexity index is 911. The van der Waals surface area contributed by atoms with Gasteiger partial charge in [-0.15, -0.1) is 0 Å². The predicted molar refractivity (Wildman–Crippen MR) is 118 cm³/mol. The summed E-state index contributed by atoms with van der Waals surface area (Å²) in [6.45, 7) is 5.37. The number of hydrogen-bond donors (Lipinski definition) is 1. The van der Waals surface area contributed by atoms with Gasteiger partial charge in [0, 0.05) is 25.8 Å². The zero-order chi connectivity index (χ0) is 21.6. The van der Waals surface area contributed by atoms with E-state index in [-0.39, 0.29) is 17.9 Å². The molecule has 2 saturated heterocycles. The number of amides is 2. The first-order chi connectivity index (χ1) is 15.1. The molecule has 2 amide bonds. The highest BCUT2D eigenvalue weighted by Crippen LogP contribution is 2.29. The summed E-state index contributed by atoms with van der Waals surface area (Å²) in [7, 11) is 0. The van der Waals surface area contributed by atoms with Crippen LogP contribution in [0.1, 0.15) is 65.6 Å². The number of aromatic nitrogens is 2. The van der Waals surface area contributed by atoms with Crippen molar-refractivity contribution in [3.05, 3.63) is 59.2 Å². The first kappa shape index (κ1) is 21.4. The van der Waals surface area contributed by atoms with Crippen LogP contribution in [0.2, 0.25) is 0 Å². The monoisotopic (exact) mass is 421 g/mol. The zero-order valence-electron chi connectivity index (χ0n) is 18.2. The molecule has 2 aliphatic heterocycles. The highest BCUT2D eigenvalue weighted by Gasteiger charge is 2.30. The van der Waals surface area contributed by atoms with Gasteiger partial charge in [0.25, 0.3) is 5.91 Å². The third kappa shape index (κ3) is 5.28. The van der Waals surface area contributed by atoms with Crippen molar-refractivity contribution in [2.24, 2.45) is 0 Å². The molecule has 2 aromatic rings. The van der Waals surface area contributed by atoms with Gasteiger partial charge in [0.15, 0.2) is 0 Å². The van der Waals surface area contributed by atoms with Gasteiger partial charge in [-0.1, -0.05) is 36.8 Å². The molecule has 0 spiro atoms. The first-order valence-corrected chi connectivity index (χ1v) is 11.3. The minimum Gasteiger partial charge on any atom is -0.348 e. The Morgan fingerprint density at radius 2 is 1.81 bits per heavy atom. The SMILES string of the molecule is Cc1nc([C@H]2CCCCN2CC(=O)N2CCCC2)ncc1C(=O)NCc1ccccc1. The van der Waals surface area contributed by atoms with Crippen LogP contribution < -0.4 is 5.32 Å². The van der Waals surface area contributed by atoms with Crippen LogP contribution >= 0.6 is 0 Å². The Morgan fingerprint density at radius 3 is 2.55 bits per heavy atom. The van der Waals surface area contributed by atoms with Crippen molar-refractivity contribution >= 4 is 11.8 Å². The quantitative estimate of drug-likeness (QED) is 0.776. The maximum absolute atomic E-state index is 12.7. The molecular weight excluding hydrogens is 390 g/mol. The second-order valence-corrected chi connectivity index (χ2v) is 8.47. The van der Waals surface area contributed by atoms with Gasteiger partial charge in [-0.3, -0.25) is 14.5 Å². The molecule has 7 nitrogen and oxygen atoms in total. The predicted octanol–water partition coefficient (Wildman–Crippen LogP) is 2.86. The van der Waals surface area contributed by atoms with E-state index in [0.717, 1.165) is 57.3 Å². The fourth-order valence-corrected chi connectivity index (χ4v) is 4.45. The van der Waals surface area contributed by atoms with E-state index in [1.165, 1.54) is 0 Å². The van der Waals surface area contributed by atoms with Crippen molar-refractivity contribution in [3.63, 3.8) is 0 Å². The molecule has 1 aromatic heterocycles. The molecule has 3 heterocycles. The maximum Gasteiger partial charge on any atom is 0.254 e. The van der Waals surface area contributed by atoms with Crippen LogP contribution in [0.3, 0.4) is 0 Å². The summed E-state index contributed by atoms with van der Waals surface area (Å²) in [4.78, 5) is 38.7. The highest BCUT2D eigenvalue weighted by molar-refractivity contribution is 5.94. The highest BCUT2D eigenvalue weighted by atomic mass is 16.2. The second kappa shape index (κ2) is 10.0. The smallest absolute Gasteiger partial charge is 0.254 e. The largest absolute Gasteiger partial charge is 0.348 e. The number of hydrogen-bond acceptors (Lipinski definition) is 5. The number of carbonyl (C=O) groups is 2. The van der Waals surface area contributed by atoms with E-state index in [0.29, 0.717) is 30.2 Å². The molecule has 7 heteroatoms. The first-order valence-electron chi connectivity index (χ1n) is 11.3. The van der Waals surface area contributed by atoms with Crippen LogP contribution in [0.15, 0.2) is 36.5 Å². The molecule has 0 radical (unpaired) electrons. The summed E-state index contributed by atoms with van der Waals surface area (Å²) in [5.74, 6) is 0.752. The van der Waals surface area contributed by atoms with E-state index < -0.39 is 0 Å². The second-order valence-electron chi connectivity index (χ2n) is 8.47. The standard InChI is InChI=1S/C24H31N5O2/c1-18-20(24(31)26-15-19-9-3-2-4-10-19)16-25-23(27-18)21-11-5-6-14-29(21)17-22(30)28-12-7-8-13-28/h2-4,9-10,16,21H,5-8,11-15,17H2,1H3,(H,26,31)/t21-/m1/s1. The number of nitrogens with one attached hydrogen (secondary N) is 1. The van der Waals surface area contributed by atoms with Crippen molar-refractivity contribution in [2.45, 2.75) is 51.6 Å². The van der Waals surface area contributed by atoms with Crippen molar-refractivity contribution < 1.29 is 9.59 Å². The lowest BCUT2D eigenvalue weighted by atomic mass is 10.0. The normalized spacial score (nSPS) is 19.4. The van der Waals surface area contributed by atoms with Gasteiger partial charge in [-0.25, -0.2) is 9.97 Å². The molecule has 0 unspecified atom stereocenters. The van der Waals surface area contributed by atoms with E-state index >= 15 is 0 Å². The summed E-state index contributed by atoms with van der Waals surface area (Å²) < 4.78 is 0. The average molecular weight is 422 g/mol. The van der Waals surface area contributed by atoms with Crippen molar-refractivity contribution in [2.75, 3.05) is 26.2 Å². The van der Waals surface area contributed by atoms with E-state index in [2.05, 4.69) is 20.2 Å². The van der Waals surface area contributed by atoms with Crippen LogP contribution in [-0.2, 0) is 11.3 Å². The molecule has 2 fully saturated rings. The van der Waals surface area contributed by atoms with Gasteiger partial charge in [0.05, 0.1) is 23.8 Å². The Labute approximate surface area is 183 Å². The van der Waals surface area contributed by atoms with Gasteiger partial charge in [0.2, 0.25) is 5.91 Å². The lowest BCUT2D eigenvalue weighted by molar-refractivity contribution is -0.132. The Morgan fingerprint density at radius 1 is 1.06 bits per heavy atom. The van der Waals surface area contributed by atoms with E-state index in [4.69, 9.17) is 0 Å². The van der Waals surface area contributed by atoms with Crippen LogP contribution in [0.4, 0.5) is 0 Å². The molecular formula is C24H31N5O2. The lowest BCUT2D eigenvalue weighted by Gasteiger charge is -2.35. The number of aryl methyl sites for hydroxylation is 1. The van der Waals surface area contributed by atoms with E-state index in [1.807, 2.05) is 42.2 Å². The molecule has 31 heavy (non-hydrogen) atoms. The Kier molecular flexibility index (Phi) is 6.92. The van der Waals surface area contributed by atoms with Crippen molar-refractivity contribution in [1.82, 2.24) is 25.1 Å². The minimum atomic E-state index is -0.169. The fourth-order valence-electron chi connectivity index (χ4n) is 4.45. The van der Waals surface area contributed by atoms with Crippen molar-refractivity contribution in [1.29, 1.82) is 0 Å². The maximum atomic E-state index is 12.7. The number of carbonyl (C=O) groups excluding carboxylic acids is 2. The Hall–Kier alpha value is -2.80. The molecule has 1 aromatic carbocycles. The molecule has 1 N–H and O–H groups in total. The molecule has 2 aliphatic rings. The summed E-state index contributed by atoms with van der Waals surface area (Å²) in [5, 5.41) is 2.94. The zero-order valence-corrected chi connectivity index (χ0v) is 18.2. The van der Waals surface area contributed by atoms with Crippen molar-refractivity contribution in [3.8, 4) is 0 Å². The average Bonchev–Trinajstić information content (AvgIpc) is 3.34. The van der Waals surface area contributed by atoms with Gasteiger partial charge in [0.1, 0.15) is 5.82 Å². The summed E-state index contributed by atoms with van der Waals surface area (Å²) in [5.41, 5.74) is 2.22. The number of nitrogens with zero attached hydrogens (tertiary/aromatic N) is 4. The van der Waals surface area contributed by atoms with Crippen LogP contribution in [0.25, 0.3) is 0 Å². The number of benzene rings is 1. The number of rotatable bonds is 6. The molecule has 164 valence electrons. The molecule has 0 saturated carbocycles. The fraction of sp³-hybridized carbons (Fsp3) is 0.500. The summed E-state index contributed by atoms with van der Waals surface area (Å²) in [6.07, 6.45) is 6.96.